The quantitative estimate of drug-likeness (QED) is 0.601. The highest BCUT2D eigenvalue weighted by Gasteiger charge is 2.31. The molecule has 0 fully saturated rings. The highest BCUT2D eigenvalue weighted by molar-refractivity contribution is 6.34. The van der Waals surface area contributed by atoms with E-state index in [2.05, 4.69) is 15.6 Å². The van der Waals surface area contributed by atoms with E-state index < -0.39 is 17.6 Å². The normalized spacial score (nSPS) is 11.5. The Bertz CT molecular complexity index is 1040. The van der Waals surface area contributed by atoms with Crippen LogP contribution in [-0.2, 0) is 17.5 Å². The van der Waals surface area contributed by atoms with E-state index in [1.54, 1.807) is 24.3 Å². The molecule has 0 aliphatic rings. The van der Waals surface area contributed by atoms with Crippen LogP contribution >= 0.6 is 23.2 Å². The predicted molar refractivity (Wildman–Crippen MR) is 101 cm³/mol. The zero-order valence-electron chi connectivity index (χ0n) is 14.8. The second-order valence-electron chi connectivity index (χ2n) is 5.85. The van der Waals surface area contributed by atoms with Gasteiger partial charge in [-0.1, -0.05) is 28.4 Å². The van der Waals surface area contributed by atoms with Crippen LogP contribution in [0.2, 0.25) is 10.0 Å². The molecule has 2 aromatic carbocycles. The molecule has 0 spiro atoms. The lowest BCUT2D eigenvalue weighted by Crippen LogP contribution is -2.17. The van der Waals surface area contributed by atoms with Crippen LogP contribution < -0.4 is 5.32 Å². The standard InChI is InChI=1S/C18H13Cl2F3N4O2/c1-29-9-15-16(25-26-27(15)12-5-3-11(19)4-6-12)17(28)24-14-8-10(18(21,22)23)2-7-13(14)20/h2-8H,9H2,1H3,(H,24,28). The fourth-order valence-corrected chi connectivity index (χ4v) is 2.80. The molecule has 0 aliphatic heterocycles. The van der Waals surface area contributed by atoms with Gasteiger partial charge < -0.3 is 10.1 Å². The fraction of sp³-hybridized carbons (Fsp3) is 0.167. The molecule has 6 nitrogen and oxygen atoms in total. The van der Waals surface area contributed by atoms with Crippen molar-refractivity contribution >= 4 is 34.8 Å². The smallest absolute Gasteiger partial charge is 0.378 e. The Morgan fingerprint density at radius 3 is 2.48 bits per heavy atom. The predicted octanol–water partition coefficient (Wildman–Crippen LogP) is 4.99. The van der Waals surface area contributed by atoms with Crippen molar-refractivity contribution in [3.05, 3.63) is 69.5 Å². The van der Waals surface area contributed by atoms with Crippen LogP contribution in [0.4, 0.5) is 18.9 Å². The molecule has 29 heavy (non-hydrogen) atoms. The minimum Gasteiger partial charge on any atom is -0.378 e. The van der Waals surface area contributed by atoms with Crippen molar-refractivity contribution in [3.63, 3.8) is 0 Å². The molecule has 3 aromatic rings. The van der Waals surface area contributed by atoms with E-state index in [9.17, 15) is 18.0 Å². The van der Waals surface area contributed by atoms with E-state index in [0.717, 1.165) is 18.2 Å². The summed E-state index contributed by atoms with van der Waals surface area (Å²) < 4.78 is 45.3. The van der Waals surface area contributed by atoms with Gasteiger partial charge in [-0.05, 0) is 42.5 Å². The van der Waals surface area contributed by atoms with E-state index in [1.165, 1.54) is 11.8 Å². The first-order valence-corrected chi connectivity index (χ1v) is 8.84. The number of amides is 1. The summed E-state index contributed by atoms with van der Waals surface area (Å²) in [6.45, 7) is -0.0191. The number of hydrogen-bond donors (Lipinski definition) is 1. The van der Waals surface area contributed by atoms with Crippen LogP contribution in [0.1, 0.15) is 21.7 Å². The average Bonchev–Trinajstić information content (AvgIpc) is 3.07. The van der Waals surface area contributed by atoms with Crippen LogP contribution in [-0.4, -0.2) is 28.0 Å². The molecular formula is C18H13Cl2F3N4O2. The molecule has 0 saturated heterocycles. The topological polar surface area (TPSA) is 69.0 Å². The van der Waals surface area contributed by atoms with E-state index in [0.29, 0.717) is 16.4 Å². The second-order valence-corrected chi connectivity index (χ2v) is 6.70. The SMILES string of the molecule is COCc1c(C(=O)Nc2cc(C(F)(F)F)ccc2Cl)nnn1-c1ccc(Cl)cc1. The number of methoxy groups -OCH3 is 1. The number of anilines is 1. The molecule has 1 amide bonds. The van der Waals surface area contributed by atoms with Gasteiger partial charge in [0.25, 0.3) is 5.91 Å². The maximum Gasteiger partial charge on any atom is 0.416 e. The molecule has 0 aliphatic carbocycles. The van der Waals surface area contributed by atoms with Crippen molar-refractivity contribution in [3.8, 4) is 5.69 Å². The second kappa shape index (κ2) is 8.40. The van der Waals surface area contributed by atoms with Crippen LogP contribution in [0.15, 0.2) is 42.5 Å². The lowest BCUT2D eigenvalue weighted by atomic mass is 10.2. The van der Waals surface area contributed by atoms with Crippen molar-refractivity contribution in [2.24, 2.45) is 0 Å². The molecular weight excluding hydrogens is 432 g/mol. The molecule has 0 bridgehead atoms. The Hall–Kier alpha value is -2.62. The van der Waals surface area contributed by atoms with E-state index in [4.69, 9.17) is 27.9 Å². The van der Waals surface area contributed by atoms with Gasteiger partial charge in [0.2, 0.25) is 0 Å². The van der Waals surface area contributed by atoms with E-state index in [1.807, 2.05) is 0 Å². The molecule has 0 saturated carbocycles. The number of aromatic nitrogens is 3. The zero-order valence-corrected chi connectivity index (χ0v) is 16.3. The van der Waals surface area contributed by atoms with Gasteiger partial charge >= 0.3 is 6.18 Å². The molecule has 152 valence electrons. The maximum atomic E-state index is 12.9. The van der Waals surface area contributed by atoms with Crippen molar-refractivity contribution in [1.82, 2.24) is 15.0 Å². The molecule has 1 aromatic heterocycles. The van der Waals surface area contributed by atoms with Gasteiger partial charge in [-0.25, -0.2) is 4.68 Å². The minimum atomic E-state index is -4.58. The molecule has 11 heteroatoms. The maximum absolute atomic E-state index is 12.9. The van der Waals surface area contributed by atoms with Crippen molar-refractivity contribution in [1.29, 1.82) is 0 Å². The number of carbonyl (C=O) groups excluding carboxylic acids is 1. The van der Waals surface area contributed by atoms with Gasteiger partial charge in [-0.3, -0.25) is 4.79 Å². The molecule has 0 radical (unpaired) electrons. The van der Waals surface area contributed by atoms with Gasteiger partial charge in [0, 0.05) is 12.1 Å². The molecule has 1 N–H and O–H groups in total. The van der Waals surface area contributed by atoms with Crippen molar-refractivity contribution < 1.29 is 22.7 Å². The third-order valence-corrected chi connectivity index (χ3v) is 4.45. The lowest BCUT2D eigenvalue weighted by molar-refractivity contribution is -0.137. The van der Waals surface area contributed by atoms with Gasteiger partial charge in [0.05, 0.1) is 28.6 Å². The summed E-state index contributed by atoms with van der Waals surface area (Å²) in [6.07, 6.45) is -4.58. The summed E-state index contributed by atoms with van der Waals surface area (Å²) >= 11 is 11.8. The van der Waals surface area contributed by atoms with E-state index in [-0.39, 0.29) is 23.0 Å². The number of nitrogens with one attached hydrogen (secondary N) is 1. The summed E-state index contributed by atoms with van der Waals surface area (Å²) in [4.78, 5) is 12.7. The van der Waals surface area contributed by atoms with Crippen LogP contribution in [0.5, 0.6) is 0 Å². The first-order chi connectivity index (χ1) is 13.7. The summed E-state index contributed by atoms with van der Waals surface area (Å²) in [6, 6.07) is 9.24. The first-order valence-electron chi connectivity index (χ1n) is 8.08. The summed E-state index contributed by atoms with van der Waals surface area (Å²) in [7, 11) is 1.42. The number of halogens is 5. The molecule has 0 unspecified atom stereocenters. The number of alkyl halides is 3. The molecule has 3 rings (SSSR count). The number of carbonyl (C=O) groups is 1. The van der Waals surface area contributed by atoms with E-state index >= 15 is 0 Å². The van der Waals surface area contributed by atoms with Gasteiger partial charge in [0.15, 0.2) is 5.69 Å². The minimum absolute atomic E-state index is 0.0191. The third-order valence-electron chi connectivity index (χ3n) is 3.87. The average molecular weight is 445 g/mol. The van der Waals surface area contributed by atoms with Crippen LogP contribution in [0.25, 0.3) is 5.69 Å². The number of ether oxygens (including phenoxy) is 1. The Labute approximate surface area is 173 Å². The third kappa shape index (κ3) is 4.69. The van der Waals surface area contributed by atoms with Gasteiger partial charge in [0.1, 0.15) is 5.69 Å². The van der Waals surface area contributed by atoms with Gasteiger partial charge in [-0.15, -0.1) is 5.10 Å². The summed E-state index contributed by atoms with van der Waals surface area (Å²) in [5.41, 5.74) is -0.383. The number of benzene rings is 2. The largest absolute Gasteiger partial charge is 0.416 e. The number of rotatable bonds is 5. The Morgan fingerprint density at radius 1 is 1.17 bits per heavy atom. The lowest BCUT2D eigenvalue weighted by Gasteiger charge is -2.12. The van der Waals surface area contributed by atoms with Crippen molar-refractivity contribution in [2.75, 3.05) is 12.4 Å². The number of nitrogens with zero attached hydrogens (tertiary/aromatic N) is 3. The van der Waals surface area contributed by atoms with Crippen LogP contribution in [0.3, 0.4) is 0 Å². The highest BCUT2D eigenvalue weighted by atomic mass is 35.5. The molecule has 1 heterocycles. The Kier molecular flexibility index (Phi) is 6.11. The first kappa shape index (κ1) is 21.1. The monoisotopic (exact) mass is 444 g/mol. The number of hydrogen-bond acceptors (Lipinski definition) is 4. The Balaban J connectivity index is 1.95. The summed E-state index contributed by atoms with van der Waals surface area (Å²) in [5.74, 6) is -0.779. The van der Waals surface area contributed by atoms with Crippen molar-refractivity contribution in [2.45, 2.75) is 12.8 Å². The molecule has 0 atom stereocenters. The Morgan fingerprint density at radius 2 is 1.86 bits per heavy atom. The highest BCUT2D eigenvalue weighted by Crippen LogP contribution is 2.34. The fourth-order valence-electron chi connectivity index (χ4n) is 2.51. The van der Waals surface area contributed by atoms with Crippen LogP contribution in [0, 0.1) is 0 Å². The van der Waals surface area contributed by atoms with Gasteiger partial charge in [-0.2, -0.15) is 13.2 Å². The summed E-state index contributed by atoms with van der Waals surface area (Å²) in [5, 5.41) is 10.6. The zero-order chi connectivity index (χ0) is 21.2.